The van der Waals surface area contributed by atoms with Gasteiger partial charge in [0.15, 0.2) is 9.84 Å². The van der Waals surface area contributed by atoms with Crippen LogP contribution in [0.15, 0.2) is 0 Å². The zero-order valence-corrected chi connectivity index (χ0v) is 10.3. The van der Waals surface area contributed by atoms with E-state index in [-0.39, 0.29) is 5.92 Å². The molecule has 1 aliphatic heterocycles. The van der Waals surface area contributed by atoms with E-state index >= 15 is 0 Å². The highest BCUT2D eigenvalue weighted by molar-refractivity contribution is 7.91. The van der Waals surface area contributed by atoms with Crippen LogP contribution in [0.5, 0.6) is 0 Å². The van der Waals surface area contributed by atoms with Gasteiger partial charge >= 0.3 is 0 Å². The minimum Gasteiger partial charge on any atom is -0.381 e. The highest BCUT2D eigenvalue weighted by Gasteiger charge is 2.33. The quantitative estimate of drug-likeness (QED) is 0.719. The van der Waals surface area contributed by atoms with Gasteiger partial charge in [-0.15, -0.1) is 0 Å². The van der Waals surface area contributed by atoms with Crippen molar-refractivity contribution < 1.29 is 13.2 Å². The molecule has 2 atom stereocenters. The van der Waals surface area contributed by atoms with Crippen LogP contribution in [-0.2, 0) is 14.6 Å². The van der Waals surface area contributed by atoms with E-state index in [0.717, 1.165) is 13.0 Å². The zero-order chi connectivity index (χ0) is 11.3. The number of nitrogens with one attached hydrogen (secondary N) is 1. The Balaban J connectivity index is 2.49. The third kappa shape index (κ3) is 4.09. The maximum Gasteiger partial charge on any atom is 0.150 e. The first-order valence-electron chi connectivity index (χ1n) is 5.52. The van der Waals surface area contributed by atoms with Gasteiger partial charge in [-0.1, -0.05) is 0 Å². The van der Waals surface area contributed by atoms with E-state index in [9.17, 15) is 8.42 Å². The number of rotatable bonds is 6. The fourth-order valence-corrected chi connectivity index (χ4v) is 4.01. The Morgan fingerprint density at radius 2 is 2.27 bits per heavy atom. The van der Waals surface area contributed by atoms with Crippen molar-refractivity contribution in [3.8, 4) is 0 Å². The van der Waals surface area contributed by atoms with Crippen LogP contribution in [0.25, 0.3) is 0 Å². The molecule has 0 saturated carbocycles. The van der Waals surface area contributed by atoms with Crippen LogP contribution in [0, 0.1) is 11.8 Å². The van der Waals surface area contributed by atoms with Crippen LogP contribution in [0.1, 0.15) is 13.3 Å². The number of ether oxygens (including phenoxy) is 1. The topological polar surface area (TPSA) is 55.4 Å². The summed E-state index contributed by atoms with van der Waals surface area (Å²) in [6.45, 7) is 4.15. The summed E-state index contributed by atoms with van der Waals surface area (Å²) >= 11 is 0. The normalized spacial score (nSPS) is 26.7. The molecule has 2 unspecified atom stereocenters. The van der Waals surface area contributed by atoms with Gasteiger partial charge in [0.2, 0.25) is 0 Å². The van der Waals surface area contributed by atoms with Crippen LogP contribution in [0.3, 0.4) is 0 Å². The number of hydrogen-bond acceptors (Lipinski definition) is 4. The first-order valence-corrected chi connectivity index (χ1v) is 7.34. The fourth-order valence-electron chi connectivity index (χ4n) is 2.09. The smallest absolute Gasteiger partial charge is 0.150 e. The molecule has 0 bridgehead atoms. The predicted octanol–water partition coefficient (Wildman–Crippen LogP) is 0.293. The van der Waals surface area contributed by atoms with E-state index in [4.69, 9.17) is 4.74 Å². The number of sulfone groups is 1. The molecule has 1 N–H and O–H groups in total. The zero-order valence-electron chi connectivity index (χ0n) is 9.53. The third-order valence-corrected chi connectivity index (χ3v) is 4.73. The van der Waals surface area contributed by atoms with Gasteiger partial charge in [0.05, 0.1) is 18.1 Å². The summed E-state index contributed by atoms with van der Waals surface area (Å²) in [7, 11) is -0.876. The maximum atomic E-state index is 11.4. The Labute approximate surface area is 92.3 Å². The first-order chi connectivity index (χ1) is 7.09. The Hall–Kier alpha value is -0.130. The standard InChI is InChI=1S/C10H21NO3S/c1-3-14-7-10(6-11-2)9-4-5-15(12,13)8-9/h9-11H,3-8H2,1-2H3. The van der Waals surface area contributed by atoms with Crippen molar-refractivity contribution in [2.24, 2.45) is 11.8 Å². The van der Waals surface area contributed by atoms with Gasteiger partial charge in [0, 0.05) is 13.2 Å². The third-order valence-electron chi connectivity index (χ3n) is 2.94. The van der Waals surface area contributed by atoms with E-state index in [1.165, 1.54) is 0 Å². The van der Waals surface area contributed by atoms with E-state index in [1.807, 2.05) is 14.0 Å². The maximum absolute atomic E-state index is 11.4. The van der Waals surface area contributed by atoms with E-state index in [1.54, 1.807) is 0 Å². The van der Waals surface area contributed by atoms with Gasteiger partial charge in [0.25, 0.3) is 0 Å². The van der Waals surface area contributed by atoms with Crippen molar-refractivity contribution in [1.29, 1.82) is 0 Å². The highest BCUT2D eigenvalue weighted by atomic mass is 32.2. The Morgan fingerprint density at radius 3 is 2.73 bits per heavy atom. The summed E-state index contributed by atoms with van der Waals surface area (Å²) in [5.41, 5.74) is 0. The molecular formula is C10H21NO3S. The highest BCUT2D eigenvalue weighted by Crippen LogP contribution is 2.26. The van der Waals surface area contributed by atoms with Gasteiger partial charge in [-0.2, -0.15) is 0 Å². The summed E-state index contributed by atoms with van der Waals surface area (Å²) in [6, 6.07) is 0. The Bertz CT molecular complexity index is 276. The average Bonchev–Trinajstić information content (AvgIpc) is 2.53. The molecular weight excluding hydrogens is 214 g/mol. The van der Waals surface area contributed by atoms with Crippen molar-refractivity contribution in [2.45, 2.75) is 13.3 Å². The molecule has 0 radical (unpaired) electrons. The monoisotopic (exact) mass is 235 g/mol. The lowest BCUT2D eigenvalue weighted by Gasteiger charge is -2.21. The summed E-state index contributed by atoms with van der Waals surface area (Å²) in [5, 5.41) is 3.11. The number of hydrogen-bond donors (Lipinski definition) is 1. The van der Waals surface area contributed by atoms with Gasteiger partial charge in [0.1, 0.15) is 0 Å². The lowest BCUT2D eigenvalue weighted by Crippen LogP contribution is -2.30. The lowest BCUT2D eigenvalue weighted by atomic mass is 9.92. The first kappa shape index (κ1) is 12.9. The molecule has 0 amide bonds. The van der Waals surface area contributed by atoms with Gasteiger partial charge < -0.3 is 10.1 Å². The summed E-state index contributed by atoms with van der Waals surface area (Å²) in [5.74, 6) is 1.29. The van der Waals surface area contributed by atoms with E-state index in [2.05, 4.69) is 5.32 Å². The molecule has 1 aliphatic rings. The summed E-state index contributed by atoms with van der Waals surface area (Å²) < 4.78 is 28.1. The Kier molecular flexibility index (Phi) is 5.02. The second-order valence-electron chi connectivity index (χ2n) is 4.14. The lowest BCUT2D eigenvalue weighted by molar-refractivity contribution is 0.0907. The Morgan fingerprint density at radius 1 is 1.53 bits per heavy atom. The molecule has 4 nitrogen and oxygen atoms in total. The van der Waals surface area contributed by atoms with Crippen LogP contribution in [-0.4, -0.2) is 46.7 Å². The van der Waals surface area contributed by atoms with Gasteiger partial charge in [-0.25, -0.2) is 8.42 Å². The van der Waals surface area contributed by atoms with Crippen molar-refractivity contribution in [3.63, 3.8) is 0 Å². The molecule has 0 aromatic carbocycles. The SMILES string of the molecule is CCOCC(CNC)C1CCS(=O)(=O)C1. The largest absolute Gasteiger partial charge is 0.381 e. The van der Waals surface area contributed by atoms with Crippen LogP contribution >= 0.6 is 0 Å². The van der Waals surface area contributed by atoms with Crippen LogP contribution in [0.2, 0.25) is 0 Å². The molecule has 0 aromatic rings. The van der Waals surface area contributed by atoms with E-state index in [0.29, 0.717) is 30.6 Å². The minimum absolute atomic E-state index is 0.272. The average molecular weight is 235 g/mol. The van der Waals surface area contributed by atoms with Crippen LogP contribution < -0.4 is 5.32 Å². The van der Waals surface area contributed by atoms with Gasteiger partial charge in [-0.05, 0) is 32.2 Å². The molecule has 0 aliphatic carbocycles. The second kappa shape index (κ2) is 5.82. The minimum atomic E-state index is -2.77. The van der Waals surface area contributed by atoms with Crippen molar-refractivity contribution in [1.82, 2.24) is 5.32 Å². The van der Waals surface area contributed by atoms with Gasteiger partial charge in [-0.3, -0.25) is 0 Å². The molecule has 1 fully saturated rings. The van der Waals surface area contributed by atoms with Crippen molar-refractivity contribution in [3.05, 3.63) is 0 Å². The molecule has 0 aromatic heterocycles. The fraction of sp³-hybridized carbons (Fsp3) is 1.00. The molecule has 1 heterocycles. The molecule has 0 spiro atoms. The van der Waals surface area contributed by atoms with Crippen LogP contribution in [0.4, 0.5) is 0 Å². The van der Waals surface area contributed by atoms with Crippen molar-refractivity contribution in [2.75, 3.05) is 38.3 Å². The summed E-state index contributed by atoms with van der Waals surface area (Å²) in [4.78, 5) is 0. The predicted molar refractivity (Wildman–Crippen MR) is 60.7 cm³/mol. The molecule has 15 heavy (non-hydrogen) atoms. The molecule has 1 rings (SSSR count). The summed E-state index contributed by atoms with van der Waals surface area (Å²) in [6.07, 6.45) is 0.793. The second-order valence-corrected chi connectivity index (χ2v) is 6.37. The molecule has 1 saturated heterocycles. The van der Waals surface area contributed by atoms with E-state index < -0.39 is 9.84 Å². The molecule has 90 valence electrons. The molecule has 5 heteroatoms. The van der Waals surface area contributed by atoms with Crippen molar-refractivity contribution >= 4 is 9.84 Å².